The Bertz CT molecular complexity index is 688. The van der Waals surface area contributed by atoms with Crippen molar-refractivity contribution in [2.45, 2.75) is 25.5 Å². The number of carbonyl (C=O) groups excluding carboxylic acids is 1. The number of hydrogen-bond acceptors (Lipinski definition) is 3. The van der Waals surface area contributed by atoms with E-state index in [1.165, 1.54) is 0 Å². The van der Waals surface area contributed by atoms with Gasteiger partial charge in [0, 0.05) is 23.7 Å². The van der Waals surface area contributed by atoms with Crippen molar-refractivity contribution < 1.29 is 9.53 Å². The van der Waals surface area contributed by atoms with E-state index in [9.17, 15) is 4.79 Å². The second-order valence-corrected chi connectivity index (χ2v) is 7.50. The van der Waals surface area contributed by atoms with Crippen molar-refractivity contribution in [1.82, 2.24) is 4.90 Å². The fraction of sp³-hybridized carbons (Fsp3) is 0.353. The molecule has 24 heavy (non-hydrogen) atoms. The van der Waals surface area contributed by atoms with Gasteiger partial charge in [0.1, 0.15) is 0 Å². The van der Waals surface area contributed by atoms with Gasteiger partial charge in [0.05, 0.1) is 22.7 Å². The van der Waals surface area contributed by atoms with Crippen molar-refractivity contribution in [2.75, 3.05) is 18.5 Å². The fourth-order valence-corrected chi connectivity index (χ4v) is 3.64. The largest absolute Gasteiger partial charge is 0.376 e. The van der Waals surface area contributed by atoms with Crippen molar-refractivity contribution in [1.29, 1.82) is 0 Å². The summed E-state index contributed by atoms with van der Waals surface area (Å²) in [7, 11) is 0. The number of rotatable bonds is 5. The van der Waals surface area contributed by atoms with Crippen LogP contribution in [0.3, 0.4) is 0 Å². The summed E-state index contributed by atoms with van der Waals surface area (Å²) in [5.74, 6) is 0. The van der Waals surface area contributed by atoms with E-state index in [2.05, 4.69) is 5.32 Å². The maximum Gasteiger partial charge on any atom is 0.322 e. The highest BCUT2D eigenvalue weighted by atomic mass is 35.5. The van der Waals surface area contributed by atoms with E-state index in [0.717, 1.165) is 24.3 Å². The average Bonchev–Trinajstić information content (AvgIpc) is 3.24. The maximum absolute atomic E-state index is 12.7. The Kier molecular flexibility index (Phi) is 6.00. The first kappa shape index (κ1) is 17.5. The van der Waals surface area contributed by atoms with Crippen molar-refractivity contribution >= 4 is 46.3 Å². The number of amides is 2. The van der Waals surface area contributed by atoms with Gasteiger partial charge in [-0.15, -0.1) is 11.3 Å². The van der Waals surface area contributed by atoms with Gasteiger partial charge in [-0.1, -0.05) is 29.3 Å². The summed E-state index contributed by atoms with van der Waals surface area (Å²) in [6.45, 7) is 1.90. The summed E-state index contributed by atoms with van der Waals surface area (Å²) in [5, 5.41) is 5.78. The third kappa shape index (κ3) is 4.63. The highest BCUT2D eigenvalue weighted by molar-refractivity contribution is 7.09. The van der Waals surface area contributed by atoms with Gasteiger partial charge >= 0.3 is 6.03 Å². The topological polar surface area (TPSA) is 41.6 Å². The molecule has 128 valence electrons. The average molecular weight is 385 g/mol. The lowest BCUT2D eigenvalue weighted by Crippen LogP contribution is -2.39. The minimum atomic E-state index is -0.169. The molecule has 4 nitrogen and oxygen atoms in total. The Morgan fingerprint density at radius 1 is 1.33 bits per heavy atom. The first-order chi connectivity index (χ1) is 11.6. The number of urea groups is 1. The second-order valence-electron chi connectivity index (χ2n) is 5.65. The van der Waals surface area contributed by atoms with Crippen LogP contribution in [-0.4, -0.2) is 30.2 Å². The van der Waals surface area contributed by atoms with Crippen LogP contribution in [0.5, 0.6) is 0 Å². The lowest BCUT2D eigenvalue weighted by molar-refractivity contribution is 0.0821. The number of anilines is 1. The summed E-state index contributed by atoms with van der Waals surface area (Å²) in [4.78, 5) is 15.6. The van der Waals surface area contributed by atoms with E-state index in [-0.39, 0.29) is 12.1 Å². The van der Waals surface area contributed by atoms with Crippen LogP contribution in [0.25, 0.3) is 0 Å². The van der Waals surface area contributed by atoms with Crippen molar-refractivity contribution in [3.05, 3.63) is 50.6 Å². The molecular weight excluding hydrogens is 367 g/mol. The lowest BCUT2D eigenvalue weighted by atomic mass is 10.2. The van der Waals surface area contributed by atoms with Gasteiger partial charge in [-0.2, -0.15) is 0 Å². The standard InChI is InChI=1S/C17H18Cl2N2O2S/c18-15-6-5-12(9-16(15)19)20-17(22)21(10-13-3-1-7-23-13)11-14-4-2-8-24-14/h2,4-6,8-9,13H,1,3,7,10-11H2,(H,20,22). The van der Waals surface area contributed by atoms with E-state index in [1.807, 2.05) is 17.5 Å². The molecule has 7 heteroatoms. The summed E-state index contributed by atoms with van der Waals surface area (Å²) in [6.07, 6.45) is 2.14. The van der Waals surface area contributed by atoms with Gasteiger partial charge < -0.3 is 15.0 Å². The fourth-order valence-electron chi connectivity index (χ4n) is 2.62. The van der Waals surface area contributed by atoms with Crippen molar-refractivity contribution in [2.24, 2.45) is 0 Å². The van der Waals surface area contributed by atoms with E-state index in [1.54, 1.807) is 34.4 Å². The molecule has 1 atom stereocenters. The Morgan fingerprint density at radius 2 is 2.21 bits per heavy atom. The predicted molar refractivity (Wildman–Crippen MR) is 99.2 cm³/mol. The molecule has 0 spiro atoms. The summed E-state index contributed by atoms with van der Waals surface area (Å²) in [6, 6.07) is 8.90. The number of hydrogen-bond donors (Lipinski definition) is 1. The molecule has 2 amide bonds. The number of ether oxygens (including phenoxy) is 1. The Labute approximate surface area is 155 Å². The number of thiophene rings is 1. The monoisotopic (exact) mass is 384 g/mol. The maximum atomic E-state index is 12.7. The second kappa shape index (κ2) is 8.21. The molecule has 2 heterocycles. The molecule has 1 aromatic carbocycles. The SMILES string of the molecule is O=C(Nc1ccc(Cl)c(Cl)c1)N(Cc1cccs1)CC1CCCO1. The lowest BCUT2D eigenvalue weighted by Gasteiger charge is -2.25. The first-order valence-corrected chi connectivity index (χ1v) is 9.40. The van der Waals surface area contributed by atoms with Gasteiger partial charge in [-0.25, -0.2) is 4.79 Å². The zero-order valence-corrected chi connectivity index (χ0v) is 15.3. The van der Waals surface area contributed by atoms with E-state index in [4.69, 9.17) is 27.9 Å². The molecule has 0 bridgehead atoms. The number of benzene rings is 1. The molecule has 1 saturated heterocycles. The molecule has 3 rings (SSSR count). The highest BCUT2D eigenvalue weighted by Crippen LogP contribution is 2.25. The number of nitrogens with one attached hydrogen (secondary N) is 1. The van der Waals surface area contributed by atoms with E-state index in [0.29, 0.717) is 28.8 Å². The summed E-state index contributed by atoms with van der Waals surface area (Å²) < 4.78 is 5.68. The quantitative estimate of drug-likeness (QED) is 0.762. The van der Waals surface area contributed by atoms with E-state index >= 15 is 0 Å². The molecule has 0 saturated carbocycles. The predicted octanol–water partition coefficient (Wildman–Crippen LogP) is 5.27. The zero-order valence-electron chi connectivity index (χ0n) is 13.0. The van der Waals surface area contributed by atoms with Crippen molar-refractivity contribution in [3.8, 4) is 0 Å². The minimum Gasteiger partial charge on any atom is -0.376 e. The van der Waals surface area contributed by atoms with Crippen LogP contribution in [0.4, 0.5) is 10.5 Å². The van der Waals surface area contributed by atoms with Crippen LogP contribution in [0, 0.1) is 0 Å². The minimum absolute atomic E-state index is 0.101. The molecule has 1 aliphatic rings. The van der Waals surface area contributed by atoms with Crippen LogP contribution in [0.1, 0.15) is 17.7 Å². The smallest absolute Gasteiger partial charge is 0.322 e. The van der Waals surface area contributed by atoms with E-state index < -0.39 is 0 Å². The highest BCUT2D eigenvalue weighted by Gasteiger charge is 2.23. The van der Waals surface area contributed by atoms with Crippen molar-refractivity contribution in [3.63, 3.8) is 0 Å². The van der Waals surface area contributed by atoms with Crippen LogP contribution >= 0.6 is 34.5 Å². The van der Waals surface area contributed by atoms with Crippen LogP contribution in [-0.2, 0) is 11.3 Å². The molecule has 2 aromatic rings. The third-order valence-electron chi connectivity index (χ3n) is 3.83. The summed E-state index contributed by atoms with van der Waals surface area (Å²) in [5.41, 5.74) is 0.623. The molecule has 0 aliphatic carbocycles. The van der Waals surface area contributed by atoms with Crippen LogP contribution < -0.4 is 5.32 Å². The first-order valence-electron chi connectivity index (χ1n) is 7.77. The third-order valence-corrected chi connectivity index (χ3v) is 5.43. The zero-order chi connectivity index (χ0) is 16.9. The number of carbonyl (C=O) groups is 1. The normalized spacial score (nSPS) is 17.0. The Balaban J connectivity index is 1.70. The Hall–Kier alpha value is -1.27. The number of nitrogens with zero attached hydrogens (tertiary/aromatic N) is 1. The van der Waals surface area contributed by atoms with Gasteiger partial charge in [0.2, 0.25) is 0 Å². The van der Waals surface area contributed by atoms with Crippen LogP contribution in [0.2, 0.25) is 10.0 Å². The van der Waals surface area contributed by atoms with Gasteiger partial charge in [0.25, 0.3) is 0 Å². The molecule has 1 aliphatic heterocycles. The molecule has 1 fully saturated rings. The molecule has 1 aromatic heterocycles. The molecular formula is C17H18Cl2N2O2S. The molecule has 1 unspecified atom stereocenters. The Morgan fingerprint density at radius 3 is 2.88 bits per heavy atom. The van der Waals surface area contributed by atoms with Gasteiger partial charge in [0.15, 0.2) is 0 Å². The van der Waals surface area contributed by atoms with Gasteiger partial charge in [-0.05, 0) is 42.5 Å². The molecule has 1 N–H and O–H groups in total. The molecule has 0 radical (unpaired) electrons. The van der Waals surface area contributed by atoms with Gasteiger partial charge in [-0.3, -0.25) is 0 Å². The van der Waals surface area contributed by atoms with Crippen LogP contribution in [0.15, 0.2) is 35.7 Å². The number of halogens is 2. The summed E-state index contributed by atoms with van der Waals surface area (Å²) >= 11 is 13.6.